The van der Waals surface area contributed by atoms with Gasteiger partial charge in [-0.2, -0.15) is 0 Å². The minimum atomic E-state index is -1.08. The Balaban J connectivity index is 1.26. The lowest BCUT2D eigenvalue weighted by Gasteiger charge is -2.34. The summed E-state index contributed by atoms with van der Waals surface area (Å²) in [6, 6.07) is 17.3. The predicted octanol–water partition coefficient (Wildman–Crippen LogP) is 5.49. The number of halogens is 2. The monoisotopic (exact) mass is 658 g/mol. The van der Waals surface area contributed by atoms with Crippen molar-refractivity contribution in [2.45, 2.75) is 31.7 Å². The maximum Gasteiger partial charge on any atom is 0.335 e. The largest absolute Gasteiger partial charge is 0.478 e. The van der Waals surface area contributed by atoms with Crippen molar-refractivity contribution in [3.63, 3.8) is 0 Å². The first-order valence-corrected chi connectivity index (χ1v) is 15.3. The van der Waals surface area contributed by atoms with E-state index in [2.05, 4.69) is 20.9 Å². The number of nitrogens with zero attached hydrogens (tertiary/aromatic N) is 4. The molecule has 1 fully saturated rings. The second-order valence-corrected chi connectivity index (χ2v) is 12.0. The van der Waals surface area contributed by atoms with Crippen LogP contribution >= 0.6 is 23.2 Å². The molecule has 1 aliphatic heterocycles. The standard InChI is InChI=1S/C33H28Cl2N6O5/c34-23-7-12-27(41-18-29(35)38-39-41)26(17-23)22-13-14-40(30(42)16-22)28(32(44)37-25-10-5-21(6-11-25)33(45)46)15-19-1-8-24(9-2-19)36-31(43)20-3-4-20/h1-2,5-12,16-18,20,28H,3-4,13-15H2,(H,36,43)(H,37,44)(H,45,46). The summed E-state index contributed by atoms with van der Waals surface area (Å²) < 4.78 is 1.51. The van der Waals surface area contributed by atoms with Crippen LogP contribution in [0.5, 0.6) is 0 Å². The van der Waals surface area contributed by atoms with Crippen molar-refractivity contribution >= 4 is 63.8 Å². The van der Waals surface area contributed by atoms with Gasteiger partial charge in [0.25, 0.3) is 0 Å². The Morgan fingerprint density at radius 3 is 2.28 bits per heavy atom. The summed E-state index contributed by atoms with van der Waals surface area (Å²) in [7, 11) is 0. The number of carboxylic acid groups (broad SMARTS) is 1. The zero-order valence-corrected chi connectivity index (χ0v) is 25.8. The van der Waals surface area contributed by atoms with Crippen LogP contribution in [0.1, 0.15) is 40.7 Å². The van der Waals surface area contributed by atoms with E-state index in [0.29, 0.717) is 39.6 Å². The van der Waals surface area contributed by atoms with Crippen LogP contribution in [0.25, 0.3) is 11.3 Å². The minimum Gasteiger partial charge on any atom is -0.478 e. The van der Waals surface area contributed by atoms with Crippen molar-refractivity contribution in [3.8, 4) is 5.69 Å². The third-order valence-corrected chi connectivity index (χ3v) is 8.30. The van der Waals surface area contributed by atoms with E-state index in [4.69, 9.17) is 23.2 Å². The van der Waals surface area contributed by atoms with Crippen molar-refractivity contribution in [2.75, 3.05) is 17.2 Å². The molecule has 4 aromatic rings. The van der Waals surface area contributed by atoms with Crippen LogP contribution in [-0.2, 0) is 20.8 Å². The molecule has 2 aliphatic rings. The zero-order chi connectivity index (χ0) is 32.4. The van der Waals surface area contributed by atoms with Gasteiger partial charge in [-0.1, -0.05) is 40.5 Å². The first-order valence-electron chi connectivity index (χ1n) is 14.6. The number of aromatic carboxylic acids is 1. The Labute approximate surface area is 273 Å². The van der Waals surface area contributed by atoms with Gasteiger partial charge in [-0.15, -0.1) is 5.10 Å². The highest BCUT2D eigenvalue weighted by Crippen LogP contribution is 2.32. The molecule has 2 heterocycles. The molecule has 46 heavy (non-hydrogen) atoms. The quantitative estimate of drug-likeness (QED) is 0.204. The van der Waals surface area contributed by atoms with Crippen LogP contribution in [0.4, 0.5) is 11.4 Å². The van der Waals surface area contributed by atoms with Gasteiger partial charge in [0, 0.05) is 46.9 Å². The molecule has 3 amide bonds. The molecule has 3 aromatic carbocycles. The molecule has 0 saturated heterocycles. The molecule has 3 N–H and O–H groups in total. The van der Waals surface area contributed by atoms with E-state index in [9.17, 15) is 24.3 Å². The van der Waals surface area contributed by atoms with Crippen LogP contribution in [0, 0.1) is 5.92 Å². The van der Waals surface area contributed by atoms with E-state index in [1.165, 1.54) is 39.9 Å². The van der Waals surface area contributed by atoms with Crippen molar-refractivity contribution in [1.82, 2.24) is 19.9 Å². The van der Waals surface area contributed by atoms with E-state index in [1.807, 2.05) is 12.1 Å². The predicted molar refractivity (Wildman–Crippen MR) is 173 cm³/mol. The van der Waals surface area contributed by atoms with Crippen molar-refractivity contribution in [1.29, 1.82) is 0 Å². The Morgan fingerprint density at radius 1 is 0.957 bits per heavy atom. The van der Waals surface area contributed by atoms with E-state index in [1.54, 1.807) is 36.5 Å². The lowest BCUT2D eigenvalue weighted by Crippen LogP contribution is -2.49. The molecule has 1 unspecified atom stereocenters. The number of anilines is 2. The Hall–Kier alpha value is -5.00. The van der Waals surface area contributed by atoms with Gasteiger partial charge in [-0.25, -0.2) is 9.48 Å². The fourth-order valence-electron chi connectivity index (χ4n) is 5.31. The summed E-state index contributed by atoms with van der Waals surface area (Å²) in [4.78, 5) is 52.5. The topological polar surface area (TPSA) is 147 Å². The maximum atomic E-state index is 13.8. The van der Waals surface area contributed by atoms with Gasteiger partial charge in [-0.3, -0.25) is 14.4 Å². The second-order valence-electron chi connectivity index (χ2n) is 11.2. The molecule has 6 rings (SSSR count). The highest BCUT2D eigenvalue weighted by molar-refractivity contribution is 6.31. The highest BCUT2D eigenvalue weighted by atomic mass is 35.5. The number of carbonyl (C=O) groups excluding carboxylic acids is 3. The van der Waals surface area contributed by atoms with Crippen molar-refractivity contribution < 1.29 is 24.3 Å². The first kappa shape index (κ1) is 31.0. The van der Waals surface area contributed by atoms with Crippen LogP contribution in [-0.4, -0.2) is 61.3 Å². The van der Waals surface area contributed by atoms with E-state index < -0.39 is 17.9 Å². The molecular formula is C33H28Cl2N6O5. The van der Waals surface area contributed by atoms with Gasteiger partial charge in [0.2, 0.25) is 17.7 Å². The van der Waals surface area contributed by atoms with Gasteiger partial charge in [0.15, 0.2) is 5.15 Å². The molecule has 1 saturated carbocycles. The molecule has 0 radical (unpaired) electrons. The van der Waals surface area contributed by atoms with E-state index >= 15 is 0 Å². The Kier molecular flexibility index (Phi) is 8.87. The number of carboxylic acids is 1. The smallest absolute Gasteiger partial charge is 0.335 e. The second kappa shape index (κ2) is 13.2. The third kappa shape index (κ3) is 7.11. The summed E-state index contributed by atoms with van der Waals surface area (Å²) in [5.41, 5.74) is 3.97. The van der Waals surface area contributed by atoms with Crippen molar-refractivity contribution in [3.05, 3.63) is 106 Å². The van der Waals surface area contributed by atoms with Gasteiger partial charge in [0.05, 0.1) is 17.4 Å². The lowest BCUT2D eigenvalue weighted by atomic mass is 9.95. The Bertz CT molecular complexity index is 1850. The number of aromatic nitrogens is 3. The summed E-state index contributed by atoms with van der Waals surface area (Å²) in [6.45, 7) is 0.236. The van der Waals surface area contributed by atoms with Gasteiger partial charge in [-0.05, 0) is 85.0 Å². The molecule has 1 aromatic heterocycles. The summed E-state index contributed by atoms with van der Waals surface area (Å²) in [5.74, 6) is -1.81. The maximum absolute atomic E-state index is 13.8. The fraction of sp³-hybridized carbons (Fsp3) is 0.212. The summed E-state index contributed by atoms with van der Waals surface area (Å²) in [6.07, 6.45) is 5.46. The molecule has 0 spiro atoms. The number of amides is 3. The fourth-order valence-corrected chi connectivity index (χ4v) is 5.61. The van der Waals surface area contributed by atoms with Crippen LogP contribution < -0.4 is 10.6 Å². The number of carbonyl (C=O) groups is 4. The number of nitrogens with one attached hydrogen (secondary N) is 2. The zero-order valence-electron chi connectivity index (χ0n) is 24.3. The third-order valence-electron chi connectivity index (χ3n) is 7.90. The minimum absolute atomic E-state index is 0.00444. The van der Waals surface area contributed by atoms with Gasteiger partial charge >= 0.3 is 5.97 Å². The SMILES string of the molecule is O=C(O)c1ccc(NC(=O)C(Cc2ccc(NC(=O)C3CC3)cc2)N2CCC(c3cc(Cl)ccc3-n3cc(Cl)nn3)=CC2=O)cc1. The lowest BCUT2D eigenvalue weighted by molar-refractivity contribution is -0.135. The molecule has 234 valence electrons. The van der Waals surface area contributed by atoms with Crippen LogP contribution in [0.3, 0.4) is 0 Å². The average Bonchev–Trinajstić information content (AvgIpc) is 3.81. The molecule has 0 bridgehead atoms. The van der Waals surface area contributed by atoms with Gasteiger partial charge < -0.3 is 20.6 Å². The molecule has 11 nitrogen and oxygen atoms in total. The molecule has 1 atom stereocenters. The van der Waals surface area contributed by atoms with Gasteiger partial charge in [0.1, 0.15) is 6.04 Å². The molecule has 1 aliphatic carbocycles. The van der Waals surface area contributed by atoms with Crippen LogP contribution in [0.2, 0.25) is 10.2 Å². The molecular weight excluding hydrogens is 631 g/mol. The van der Waals surface area contributed by atoms with Crippen molar-refractivity contribution in [2.24, 2.45) is 5.92 Å². The summed E-state index contributed by atoms with van der Waals surface area (Å²) in [5, 5.41) is 23.6. The number of hydrogen-bond donors (Lipinski definition) is 3. The van der Waals surface area contributed by atoms with Crippen LogP contribution in [0.15, 0.2) is 79.0 Å². The van der Waals surface area contributed by atoms with E-state index in [-0.39, 0.29) is 41.4 Å². The number of benzene rings is 3. The van der Waals surface area contributed by atoms with E-state index in [0.717, 1.165) is 18.4 Å². The normalized spacial score (nSPS) is 15.2. The average molecular weight is 660 g/mol. The summed E-state index contributed by atoms with van der Waals surface area (Å²) >= 11 is 12.3. The number of rotatable bonds is 10. The first-order chi connectivity index (χ1) is 22.1. The molecule has 13 heteroatoms. The Morgan fingerprint density at radius 2 is 1.65 bits per heavy atom. The number of hydrogen-bond acceptors (Lipinski definition) is 6. The highest BCUT2D eigenvalue weighted by Gasteiger charge is 2.33.